The summed E-state index contributed by atoms with van der Waals surface area (Å²) in [5, 5.41) is 4.17. The highest BCUT2D eigenvalue weighted by Gasteiger charge is 2.18. The Morgan fingerprint density at radius 1 is 0.929 bits per heavy atom. The first kappa shape index (κ1) is 16.3. The van der Waals surface area contributed by atoms with E-state index in [0.717, 1.165) is 32.7 Å². The molecule has 6 nitrogen and oxygen atoms in total. The molecule has 0 fully saturated rings. The molecule has 28 heavy (non-hydrogen) atoms. The number of hydrogen-bond acceptors (Lipinski definition) is 5. The van der Waals surface area contributed by atoms with E-state index in [2.05, 4.69) is 21.0 Å². The fraction of sp³-hybridized carbons (Fsp3) is 0.0455. The van der Waals surface area contributed by atoms with E-state index in [1.807, 2.05) is 36.4 Å². The Morgan fingerprint density at radius 2 is 1.71 bits per heavy atom. The zero-order valence-corrected chi connectivity index (χ0v) is 15.0. The maximum absolute atomic E-state index is 12.1. The number of fused-ring (bicyclic) bond motifs is 5. The number of ether oxygens (including phenoxy) is 2. The highest BCUT2D eigenvalue weighted by Crippen LogP contribution is 2.39. The van der Waals surface area contributed by atoms with Crippen molar-refractivity contribution in [3.8, 4) is 11.5 Å². The van der Waals surface area contributed by atoms with Gasteiger partial charge in [0.25, 0.3) is 0 Å². The Balaban J connectivity index is 1.80. The van der Waals surface area contributed by atoms with E-state index in [1.165, 1.54) is 13.3 Å². The predicted molar refractivity (Wildman–Crippen MR) is 107 cm³/mol. The van der Waals surface area contributed by atoms with Crippen LogP contribution in [0.3, 0.4) is 0 Å². The number of nitrogens with zero attached hydrogens (tertiary/aromatic N) is 2. The van der Waals surface area contributed by atoms with Crippen molar-refractivity contribution in [2.45, 2.75) is 0 Å². The van der Waals surface area contributed by atoms with Crippen molar-refractivity contribution < 1.29 is 14.3 Å². The third-order valence-electron chi connectivity index (χ3n) is 4.70. The van der Waals surface area contributed by atoms with Crippen molar-refractivity contribution in [3.63, 3.8) is 0 Å². The molecule has 0 aliphatic heterocycles. The molecule has 0 aliphatic carbocycles. The number of carbonyl (C=O) groups is 1. The van der Waals surface area contributed by atoms with Gasteiger partial charge in [0.2, 0.25) is 0 Å². The van der Waals surface area contributed by atoms with Crippen molar-refractivity contribution in [2.24, 2.45) is 0 Å². The zero-order valence-electron chi connectivity index (χ0n) is 15.0. The van der Waals surface area contributed by atoms with Gasteiger partial charge >= 0.3 is 5.97 Å². The molecule has 3 heterocycles. The maximum atomic E-state index is 12.1. The van der Waals surface area contributed by atoms with Crippen LogP contribution in [0.25, 0.3) is 32.7 Å². The minimum absolute atomic E-state index is 0.126. The van der Waals surface area contributed by atoms with Crippen molar-refractivity contribution in [1.29, 1.82) is 0 Å². The quantitative estimate of drug-likeness (QED) is 0.460. The molecule has 5 aromatic rings. The summed E-state index contributed by atoms with van der Waals surface area (Å²) in [4.78, 5) is 24.0. The van der Waals surface area contributed by atoms with Gasteiger partial charge in [0, 0.05) is 23.2 Å². The lowest BCUT2D eigenvalue weighted by atomic mass is 10.0. The number of hydrogen-bond donors (Lipinski definition) is 1. The number of benzene rings is 2. The standard InChI is InChI=1S/C22H15N3O3/c1-27-22(26)20-16(9-5-10-23-20)28-17-12-13-6-2-3-7-14(13)18-15-8-4-11-24-21(15)25-19(17)18/h2-12H,1H3,(H,24,25). The lowest BCUT2D eigenvalue weighted by molar-refractivity contribution is 0.0591. The van der Waals surface area contributed by atoms with Crippen LogP contribution in [0.2, 0.25) is 0 Å². The first-order valence-corrected chi connectivity index (χ1v) is 8.75. The summed E-state index contributed by atoms with van der Waals surface area (Å²) in [6, 6.07) is 17.4. The van der Waals surface area contributed by atoms with Crippen molar-refractivity contribution in [3.05, 3.63) is 72.7 Å². The number of aromatic nitrogens is 3. The van der Waals surface area contributed by atoms with Crippen molar-refractivity contribution in [1.82, 2.24) is 15.0 Å². The number of H-pyrrole nitrogens is 1. The van der Waals surface area contributed by atoms with Crippen molar-refractivity contribution in [2.75, 3.05) is 7.11 Å². The lowest BCUT2D eigenvalue weighted by Gasteiger charge is -2.11. The van der Waals surface area contributed by atoms with Gasteiger partial charge in [0.1, 0.15) is 5.65 Å². The van der Waals surface area contributed by atoms with Crippen LogP contribution < -0.4 is 4.74 Å². The fourth-order valence-electron chi connectivity index (χ4n) is 3.47. The summed E-state index contributed by atoms with van der Waals surface area (Å²) in [7, 11) is 1.32. The molecule has 1 N–H and O–H groups in total. The summed E-state index contributed by atoms with van der Waals surface area (Å²) < 4.78 is 11.0. The van der Waals surface area contributed by atoms with Crippen LogP contribution >= 0.6 is 0 Å². The Hall–Kier alpha value is -3.93. The first-order chi connectivity index (χ1) is 13.8. The minimum atomic E-state index is -0.550. The normalized spacial score (nSPS) is 11.2. The second kappa shape index (κ2) is 6.35. The smallest absolute Gasteiger partial charge is 0.360 e. The summed E-state index contributed by atoms with van der Waals surface area (Å²) in [6.45, 7) is 0. The van der Waals surface area contributed by atoms with Crippen LogP contribution in [0.1, 0.15) is 10.5 Å². The molecular formula is C22H15N3O3. The molecule has 0 unspecified atom stereocenters. The van der Waals surface area contributed by atoms with Crippen LogP contribution in [0, 0.1) is 0 Å². The molecule has 0 saturated carbocycles. The van der Waals surface area contributed by atoms with E-state index in [0.29, 0.717) is 11.5 Å². The molecule has 0 saturated heterocycles. The molecule has 5 rings (SSSR count). The average Bonchev–Trinajstić information content (AvgIpc) is 3.14. The SMILES string of the molecule is COC(=O)c1ncccc1Oc1cc2ccccc2c2c1[nH]c1ncccc12. The molecule has 0 amide bonds. The maximum Gasteiger partial charge on any atom is 0.360 e. The summed E-state index contributed by atoms with van der Waals surface area (Å²) in [5.74, 6) is 0.369. The highest BCUT2D eigenvalue weighted by molar-refractivity contribution is 6.21. The molecule has 0 atom stereocenters. The minimum Gasteiger partial charge on any atom is -0.464 e. The third kappa shape index (κ3) is 2.46. The van der Waals surface area contributed by atoms with Gasteiger partial charge in [-0.2, -0.15) is 0 Å². The first-order valence-electron chi connectivity index (χ1n) is 8.75. The predicted octanol–water partition coefficient (Wildman–Crippen LogP) is 4.84. The number of nitrogens with one attached hydrogen (secondary N) is 1. The zero-order chi connectivity index (χ0) is 19.1. The summed E-state index contributed by atoms with van der Waals surface area (Å²) in [6.07, 6.45) is 3.28. The van der Waals surface area contributed by atoms with Gasteiger partial charge in [-0.25, -0.2) is 14.8 Å². The molecule has 2 aromatic carbocycles. The molecular weight excluding hydrogens is 354 g/mol. The van der Waals surface area contributed by atoms with Crippen LogP contribution in [0.15, 0.2) is 67.0 Å². The Morgan fingerprint density at radius 3 is 2.61 bits per heavy atom. The number of carbonyl (C=O) groups excluding carboxylic acids is 1. The molecule has 0 bridgehead atoms. The second-order valence-corrected chi connectivity index (χ2v) is 6.31. The van der Waals surface area contributed by atoms with Gasteiger partial charge in [-0.1, -0.05) is 24.3 Å². The Kier molecular flexibility index (Phi) is 3.69. The molecule has 0 spiro atoms. The van der Waals surface area contributed by atoms with Crippen LogP contribution in [0.5, 0.6) is 11.5 Å². The van der Waals surface area contributed by atoms with E-state index in [9.17, 15) is 4.79 Å². The van der Waals surface area contributed by atoms with E-state index in [-0.39, 0.29) is 5.69 Å². The Bertz CT molecular complexity index is 1360. The third-order valence-corrected chi connectivity index (χ3v) is 4.70. The molecule has 6 heteroatoms. The highest BCUT2D eigenvalue weighted by atomic mass is 16.5. The topological polar surface area (TPSA) is 77.1 Å². The molecule has 136 valence electrons. The van der Waals surface area contributed by atoms with Gasteiger partial charge < -0.3 is 14.5 Å². The van der Waals surface area contributed by atoms with Crippen molar-refractivity contribution >= 4 is 38.7 Å². The summed E-state index contributed by atoms with van der Waals surface area (Å²) >= 11 is 0. The van der Waals surface area contributed by atoms with Gasteiger partial charge in [0.15, 0.2) is 17.2 Å². The van der Waals surface area contributed by atoms with E-state index >= 15 is 0 Å². The van der Waals surface area contributed by atoms with Crippen LogP contribution in [-0.4, -0.2) is 28.0 Å². The van der Waals surface area contributed by atoms with Gasteiger partial charge in [-0.3, -0.25) is 0 Å². The van der Waals surface area contributed by atoms with Gasteiger partial charge in [-0.05, 0) is 41.1 Å². The van der Waals surface area contributed by atoms with E-state index in [1.54, 1.807) is 18.3 Å². The van der Waals surface area contributed by atoms with Crippen LogP contribution in [0.4, 0.5) is 0 Å². The number of rotatable bonds is 3. The average molecular weight is 369 g/mol. The monoisotopic (exact) mass is 369 g/mol. The van der Waals surface area contributed by atoms with E-state index < -0.39 is 5.97 Å². The number of esters is 1. The summed E-state index contributed by atoms with van der Waals surface area (Å²) in [5.41, 5.74) is 1.71. The fourth-order valence-corrected chi connectivity index (χ4v) is 3.47. The largest absolute Gasteiger partial charge is 0.464 e. The van der Waals surface area contributed by atoms with Crippen LogP contribution in [-0.2, 0) is 4.74 Å². The van der Waals surface area contributed by atoms with E-state index in [4.69, 9.17) is 9.47 Å². The van der Waals surface area contributed by atoms with Gasteiger partial charge in [0.05, 0.1) is 12.6 Å². The molecule has 3 aromatic heterocycles. The van der Waals surface area contributed by atoms with Gasteiger partial charge in [-0.15, -0.1) is 0 Å². The molecule has 0 aliphatic rings. The number of pyridine rings is 2. The molecule has 0 radical (unpaired) electrons. The number of methoxy groups -OCH3 is 1. The second-order valence-electron chi connectivity index (χ2n) is 6.31. The lowest BCUT2D eigenvalue weighted by Crippen LogP contribution is -2.06. The number of aromatic amines is 1. The Labute approximate surface area is 159 Å².